The number of H-pyrrole nitrogens is 2. The quantitative estimate of drug-likeness (QED) is 0.517. The third-order valence-electron chi connectivity index (χ3n) is 5.31. The molecule has 3 heterocycles. The third kappa shape index (κ3) is 2.60. The van der Waals surface area contributed by atoms with Crippen LogP contribution in [0, 0.1) is 6.92 Å². The van der Waals surface area contributed by atoms with Crippen molar-refractivity contribution in [3.63, 3.8) is 0 Å². The number of aromatic amines is 2. The molecule has 0 bridgehead atoms. The van der Waals surface area contributed by atoms with Crippen LogP contribution in [0.2, 0.25) is 0 Å². The molecule has 0 aliphatic heterocycles. The highest BCUT2D eigenvalue weighted by Crippen LogP contribution is 2.34. The summed E-state index contributed by atoms with van der Waals surface area (Å²) in [6.07, 6.45) is 5.00. The highest BCUT2D eigenvalue weighted by atomic mass is 16.1. The molecule has 3 N–H and O–H groups in total. The molecule has 1 aliphatic rings. The van der Waals surface area contributed by atoms with E-state index in [4.69, 9.17) is 4.98 Å². The number of hydrogen-bond acceptors (Lipinski definition) is 3. The minimum atomic E-state index is 0.00181. The van der Waals surface area contributed by atoms with Gasteiger partial charge in [0, 0.05) is 34.1 Å². The van der Waals surface area contributed by atoms with Crippen molar-refractivity contribution in [2.24, 2.45) is 0 Å². The third-order valence-corrected chi connectivity index (χ3v) is 5.31. The van der Waals surface area contributed by atoms with Gasteiger partial charge < -0.3 is 5.32 Å². The van der Waals surface area contributed by atoms with Crippen LogP contribution in [0.15, 0.2) is 30.5 Å². The monoisotopic (exact) mass is 359 g/mol. The van der Waals surface area contributed by atoms with E-state index in [-0.39, 0.29) is 5.91 Å². The average molecular weight is 359 g/mol. The number of aryl methyl sites for hydroxylation is 2. The van der Waals surface area contributed by atoms with Gasteiger partial charge in [-0.1, -0.05) is 19.1 Å². The number of amides is 1. The smallest absolute Gasteiger partial charge is 0.251 e. The highest BCUT2D eigenvalue weighted by molar-refractivity contribution is 6.10. The Morgan fingerprint density at radius 2 is 1.96 bits per heavy atom. The van der Waals surface area contributed by atoms with Gasteiger partial charge in [0.25, 0.3) is 5.91 Å². The summed E-state index contributed by atoms with van der Waals surface area (Å²) in [5.41, 5.74) is 6.64. The van der Waals surface area contributed by atoms with E-state index in [9.17, 15) is 4.79 Å². The molecule has 0 radical (unpaired) electrons. The fourth-order valence-corrected chi connectivity index (χ4v) is 3.68. The second-order valence-electron chi connectivity index (χ2n) is 7.23. The summed E-state index contributed by atoms with van der Waals surface area (Å²) in [4.78, 5) is 21.4. The van der Waals surface area contributed by atoms with Crippen LogP contribution >= 0.6 is 0 Å². The zero-order valence-corrected chi connectivity index (χ0v) is 15.4. The molecule has 1 saturated carbocycles. The second kappa shape index (κ2) is 5.94. The minimum Gasteiger partial charge on any atom is -0.349 e. The molecule has 136 valence electrons. The lowest BCUT2D eigenvalue weighted by atomic mass is 10.0. The maximum atomic E-state index is 12.2. The molecule has 1 fully saturated rings. The lowest BCUT2D eigenvalue weighted by Gasteiger charge is -2.06. The van der Waals surface area contributed by atoms with Crippen LogP contribution in [0.5, 0.6) is 0 Å². The summed E-state index contributed by atoms with van der Waals surface area (Å²) in [7, 11) is 0. The molecule has 4 aromatic rings. The molecule has 1 amide bonds. The maximum absolute atomic E-state index is 12.2. The Hall–Kier alpha value is -3.15. The first-order chi connectivity index (χ1) is 13.2. The van der Waals surface area contributed by atoms with E-state index < -0.39 is 0 Å². The van der Waals surface area contributed by atoms with Gasteiger partial charge in [-0.05, 0) is 43.9 Å². The van der Waals surface area contributed by atoms with E-state index in [0.29, 0.717) is 11.6 Å². The number of nitrogens with one attached hydrogen (secondary N) is 3. The van der Waals surface area contributed by atoms with E-state index in [2.05, 4.69) is 27.4 Å². The van der Waals surface area contributed by atoms with E-state index in [0.717, 1.165) is 58.2 Å². The molecule has 1 aliphatic carbocycles. The molecule has 1 aromatic carbocycles. The standard InChI is InChI=1S/C21H21N5O/c1-3-12-10-22-20-17(12)19-16(11(2)23-20)18(25-26-19)13-4-6-14(7-5-13)21(27)24-15-8-9-15/h4-7,10,15,25-26H,3,8-9H2,1-2H3,(H,24,27). The van der Waals surface area contributed by atoms with Crippen LogP contribution in [-0.4, -0.2) is 32.1 Å². The van der Waals surface area contributed by atoms with Crippen molar-refractivity contribution in [3.05, 3.63) is 47.3 Å². The van der Waals surface area contributed by atoms with Crippen LogP contribution in [0.4, 0.5) is 0 Å². The fraction of sp³-hybridized carbons (Fsp3) is 0.286. The summed E-state index contributed by atoms with van der Waals surface area (Å²) in [6, 6.07) is 8.08. The maximum Gasteiger partial charge on any atom is 0.251 e. The van der Waals surface area contributed by atoms with Gasteiger partial charge in [-0.2, -0.15) is 0 Å². The number of benzene rings is 1. The first-order valence-corrected chi connectivity index (χ1v) is 9.41. The molecular weight excluding hydrogens is 338 g/mol. The van der Waals surface area contributed by atoms with Gasteiger partial charge in [0.15, 0.2) is 5.65 Å². The molecule has 6 heteroatoms. The number of nitrogens with zero attached hydrogens (tertiary/aromatic N) is 2. The first-order valence-electron chi connectivity index (χ1n) is 9.41. The van der Waals surface area contributed by atoms with Crippen molar-refractivity contribution in [2.45, 2.75) is 39.2 Å². The fourth-order valence-electron chi connectivity index (χ4n) is 3.68. The number of pyridine rings is 1. The zero-order chi connectivity index (χ0) is 18.5. The van der Waals surface area contributed by atoms with Crippen molar-refractivity contribution in [1.82, 2.24) is 25.5 Å². The van der Waals surface area contributed by atoms with Gasteiger partial charge in [-0.3, -0.25) is 15.0 Å². The van der Waals surface area contributed by atoms with Gasteiger partial charge >= 0.3 is 0 Å². The lowest BCUT2D eigenvalue weighted by Crippen LogP contribution is -2.25. The Morgan fingerprint density at radius 1 is 1.19 bits per heavy atom. The lowest BCUT2D eigenvalue weighted by molar-refractivity contribution is 0.0951. The molecule has 0 spiro atoms. The van der Waals surface area contributed by atoms with Crippen LogP contribution in [0.1, 0.15) is 41.4 Å². The highest BCUT2D eigenvalue weighted by Gasteiger charge is 2.24. The number of fused-ring (bicyclic) bond motifs is 3. The van der Waals surface area contributed by atoms with Crippen LogP contribution in [0.3, 0.4) is 0 Å². The van der Waals surface area contributed by atoms with Crippen molar-refractivity contribution < 1.29 is 4.79 Å². The Bertz CT molecular complexity index is 1160. The molecule has 6 nitrogen and oxygen atoms in total. The Morgan fingerprint density at radius 3 is 2.67 bits per heavy atom. The summed E-state index contributed by atoms with van der Waals surface area (Å²) >= 11 is 0. The van der Waals surface area contributed by atoms with Gasteiger partial charge in [0.2, 0.25) is 0 Å². The van der Waals surface area contributed by atoms with E-state index in [1.165, 1.54) is 5.56 Å². The molecule has 27 heavy (non-hydrogen) atoms. The first kappa shape index (κ1) is 16.1. The molecule has 0 saturated heterocycles. The SMILES string of the molecule is CCc1cnc2nc(C)c3c(-c4ccc(C(=O)NC5CC5)cc4)[nH][nH]c3c12. The zero-order valence-electron chi connectivity index (χ0n) is 15.4. The normalized spacial score (nSPS) is 14.1. The van der Waals surface area contributed by atoms with E-state index in [1.54, 1.807) is 0 Å². The number of carbonyl (C=O) groups is 1. The van der Waals surface area contributed by atoms with Gasteiger partial charge in [0.05, 0.1) is 16.9 Å². The summed E-state index contributed by atoms with van der Waals surface area (Å²) in [5, 5.41) is 11.8. The van der Waals surface area contributed by atoms with E-state index in [1.807, 2.05) is 37.4 Å². The van der Waals surface area contributed by atoms with Crippen LogP contribution < -0.4 is 5.32 Å². The number of hydrogen-bond donors (Lipinski definition) is 3. The summed E-state index contributed by atoms with van der Waals surface area (Å²) in [5.74, 6) is 0.00181. The Kier molecular flexibility index (Phi) is 3.53. The summed E-state index contributed by atoms with van der Waals surface area (Å²) < 4.78 is 0. The predicted molar refractivity (Wildman–Crippen MR) is 106 cm³/mol. The van der Waals surface area contributed by atoms with Gasteiger partial charge in [0.1, 0.15) is 0 Å². The second-order valence-corrected chi connectivity index (χ2v) is 7.23. The topological polar surface area (TPSA) is 86.5 Å². The van der Waals surface area contributed by atoms with Crippen LogP contribution in [-0.2, 0) is 6.42 Å². The average Bonchev–Trinajstić information content (AvgIpc) is 3.22. The molecular formula is C21H21N5O. The molecule has 0 atom stereocenters. The van der Waals surface area contributed by atoms with Gasteiger partial charge in [-0.25, -0.2) is 9.97 Å². The summed E-state index contributed by atoms with van der Waals surface area (Å²) in [6.45, 7) is 4.13. The molecule has 5 rings (SSSR count). The number of aromatic nitrogens is 4. The molecule has 3 aromatic heterocycles. The van der Waals surface area contributed by atoms with E-state index >= 15 is 0 Å². The van der Waals surface area contributed by atoms with Crippen molar-refractivity contribution in [1.29, 1.82) is 0 Å². The molecule has 0 unspecified atom stereocenters. The predicted octanol–water partition coefficient (Wildman–Crippen LogP) is 3.87. The largest absolute Gasteiger partial charge is 0.349 e. The van der Waals surface area contributed by atoms with Crippen molar-refractivity contribution in [2.75, 3.05) is 0 Å². The van der Waals surface area contributed by atoms with Crippen molar-refractivity contribution >= 4 is 27.8 Å². The van der Waals surface area contributed by atoms with Crippen molar-refractivity contribution in [3.8, 4) is 11.3 Å². The van der Waals surface area contributed by atoms with Gasteiger partial charge in [-0.15, -0.1) is 0 Å². The number of rotatable bonds is 4. The number of carbonyl (C=O) groups excluding carboxylic acids is 1. The van der Waals surface area contributed by atoms with Crippen LogP contribution in [0.25, 0.3) is 33.2 Å². The Balaban J connectivity index is 1.59. The Labute approximate surface area is 156 Å². The minimum absolute atomic E-state index is 0.00181.